The number of rotatable bonds is 4. The first-order valence-electron chi connectivity index (χ1n) is 11.6. The first kappa shape index (κ1) is 24.1. The SMILES string of the molecule is C[C@@H]1C[C@@H]2C[C@H]2\C=C/C=C/C(=N/OCCN2CCCC2=O)Cc2c(Cl)c(O)cc(O)c2C(=O)O1. The largest absolute Gasteiger partial charge is 0.507 e. The number of oxime groups is 1. The van der Waals surface area contributed by atoms with Crippen molar-refractivity contribution in [2.75, 3.05) is 19.7 Å². The third kappa shape index (κ3) is 5.73. The van der Waals surface area contributed by atoms with Gasteiger partial charge in [-0.3, -0.25) is 4.79 Å². The number of phenolic OH excluding ortho intramolecular Hbond substituents is 2. The zero-order valence-electron chi connectivity index (χ0n) is 19.1. The first-order valence-corrected chi connectivity index (χ1v) is 12.0. The van der Waals surface area contributed by atoms with Crippen molar-refractivity contribution in [2.24, 2.45) is 17.0 Å². The number of nitrogens with zero attached hydrogens (tertiary/aromatic N) is 2. The van der Waals surface area contributed by atoms with Crippen molar-refractivity contribution in [1.29, 1.82) is 0 Å². The number of phenols is 2. The molecule has 1 aliphatic carbocycles. The Kier molecular flexibility index (Phi) is 7.46. The van der Waals surface area contributed by atoms with Crippen LogP contribution < -0.4 is 0 Å². The zero-order chi connectivity index (χ0) is 24.2. The molecule has 1 saturated heterocycles. The Morgan fingerprint density at radius 1 is 1.24 bits per heavy atom. The van der Waals surface area contributed by atoms with Gasteiger partial charge < -0.3 is 24.7 Å². The molecule has 2 fully saturated rings. The monoisotopic (exact) mass is 488 g/mol. The fourth-order valence-electron chi connectivity index (χ4n) is 4.47. The molecule has 182 valence electrons. The molecule has 0 bridgehead atoms. The second kappa shape index (κ2) is 10.5. The number of hydrogen-bond donors (Lipinski definition) is 2. The number of ether oxygens (including phenoxy) is 1. The molecule has 1 aromatic carbocycles. The molecule has 0 aromatic heterocycles. The number of hydrogen-bond acceptors (Lipinski definition) is 7. The fourth-order valence-corrected chi connectivity index (χ4v) is 4.68. The van der Waals surface area contributed by atoms with Crippen molar-refractivity contribution in [3.8, 4) is 11.5 Å². The molecule has 1 amide bonds. The van der Waals surface area contributed by atoms with Gasteiger partial charge in [-0.15, -0.1) is 0 Å². The molecule has 8 nitrogen and oxygen atoms in total. The van der Waals surface area contributed by atoms with Gasteiger partial charge in [0.2, 0.25) is 5.91 Å². The number of fused-ring (bicyclic) bond motifs is 2. The number of amides is 1. The lowest BCUT2D eigenvalue weighted by molar-refractivity contribution is -0.128. The van der Waals surface area contributed by atoms with E-state index in [0.717, 1.165) is 25.3 Å². The van der Waals surface area contributed by atoms with E-state index in [1.807, 2.05) is 19.1 Å². The topological polar surface area (TPSA) is 109 Å². The second-order valence-electron chi connectivity index (χ2n) is 9.01. The maximum absolute atomic E-state index is 13.0. The number of allylic oxidation sites excluding steroid dienone is 4. The van der Waals surface area contributed by atoms with Crippen LogP contribution in [0.4, 0.5) is 0 Å². The molecule has 9 heteroatoms. The molecule has 1 aromatic rings. The number of esters is 1. The average Bonchev–Trinajstić information content (AvgIpc) is 3.38. The van der Waals surface area contributed by atoms with Crippen LogP contribution in [0, 0.1) is 11.8 Å². The quantitative estimate of drug-likeness (QED) is 0.377. The molecule has 0 spiro atoms. The average molecular weight is 489 g/mol. The first-order chi connectivity index (χ1) is 16.3. The summed E-state index contributed by atoms with van der Waals surface area (Å²) >= 11 is 6.35. The summed E-state index contributed by atoms with van der Waals surface area (Å²) < 4.78 is 5.61. The summed E-state index contributed by atoms with van der Waals surface area (Å²) in [5, 5.41) is 24.8. The summed E-state index contributed by atoms with van der Waals surface area (Å²) in [4.78, 5) is 32.0. The van der Waals surface area contributed by atoms with Crippen LogP contribution in [0.15, 0.2) is 35.5 Å². The van der Waals surface area contributed by atoms with E-state index in [9.17, 15) is 19.8 Å². The molecule has 3 atom stereocenters. The Bertz CT molecular complexity index is 1050. The van der Waals surface area contributed by atoms with Crippen LogP contribution >= 0.6 is 11.6 Å². The molecule has 2 aliphatic heterocycles. The number of carbonyl (C=O) groups excluding carboxylic acids is 2. The molecule has 3 aliphatic rings. The van der Waals surface area contributed by atoms with Gasteiger partial charge in [-0.05, 0) is 49.7 Å². The van der Waals surface area contributed by atoms with E-state index in [1.165, 1.54) is 0 Å². The molecule has 2 N–H and O–H groups in total. The summed E-state index contributed by atoms with van der Waals surface area (Å²) in [7, 11) is 0. The highest BCUT2D eigenvalue weighted by Crippen LogP contribution is 2.44. The van der Waals surface area contributed by atoms with Gasteiger partial charge in [0, 0.05) is 25.5 Å². The third-order valence-electron chi connectivity index (χ3n) is 6.37. The predicted octanol–water partition coefficient (Wildman–Crippen LogP) is 3.99. The van der Waals surface area contributed by atoms with E-state index < -0.39 is 11.7 Å². The van der Waals surface area contributed by atoms with E-state index >= 15 is 0 Å². The lowest BCUT2D eigenvalue weighted by atomic mass is 9.99. The molecular weight excluding hydrogens is 460 g/mol. The minimum Gasteiger partial charge on any atom is -0.507 e. The standard InChI is InChI=1S/C25H29ClN2O6/c1-15-11-17-12-16(17)5-2-3-6-18(27-33-10-9-28-8-4-7-22(28)31)13-19-23(25(32)34-15)20(29)14-21(30)24(19)26/h2-3,5-6,14-17,29-30H,4,7-13H2,1H3/b5-2-,6-3+,27-18-/t15-,16-,17-/m1/s1. The Morgan fingerprint density at radius 2 is 2.06 bits per heavy atom. The third-order valence-corrected chi connectivity index (χ3v) is 6.79. The molecular formula is C25H29ClN2O6. The van der Waals surface area contributed by atoms with Gasteiger partial charge >= 0.3 is 5.97 Å². The Balaban J connectivity index is 1.61. The Morgan fingerprint density at radius 3 is 2.82 bits per heavy atom. The molecule has 0 radical (unpaired) electrons. The zero-order valence-corrected chi connectivity index (χ0v) is 19.8. The van der Waals surface area contributed by atoms with Crippen LogP contribution in [0.2, 0.25) is 5.02 Å². The molecule has 4 rings (SSSR count). The maximum atomic E-state index is 13.0. The van der Waals surface area contributed by atoms with Crippen LogP contribution in [0.5, 0.6) is 11.5 Å². The van der Waals surface area contributed by atoms with Crippen molar-refractivity contribution < 1.29 is 29.4 Å². The fraction of sp³-hybridized carbons (Fsp3) is 0.480. The van der Waals surface area contributed by atoms with E-state index in [4.69, 9.17) is 21.2 Å². The smallest absolute Gasteiger partial charge is 0.342 e. The minimum atomic E-state index is -0.705. The number of benzene rings is 1. The summed E-state index contributed by atoms with van der Waals surface area (Å²) in [5.41, 5.74) is 0.526. The number of cyclic esters (lactones) is 1. The van der Waals surface area contributed by atoms with Gasteiger partial charge in [0.15, 0.2) is 0 Å². The van der Waals surface area contributed by atoms with Crippen molar-refractivity contribution in [1.82, 2.24) is 4.90 Å². The minimum absolute atomic E-state index is 0.0125. The number of carbonyl (C=O) groups is 2. The predicted molar refractivity (Wildman–Crippen MR) is 127 cm³/mol. The van der Waals surface area contributed by atoms with Crippen LogP contribution in [0.25, 0.3) is 0 Å². The van der Waals surface area contributed by atoms with Crippen LogP contribution in [0.3, 0.4) is 0 Å². The summed E-state index contributed by atoms with van der Waals surface area (Å²) in [6, 6.07) is 1.03. The number of likely N-dealkylation sites (tertiary alicyclic amines) is 1. The van der Waals surface area contributed by atoms with Gasteiger partial charge in [0.25, 0.3) is 0 Å². The molecule has 2 heterocycles. The summed E-state index contributed by atoms with van der Waals surface area (Å²) in [6.45, 7) is 3.20. The summed E-state index contributed by atoms with van der Waals surface area (Å²) in [6.07, 6.45) is 10.5. The number of aromatic hydroxyl groups is 2. The van der Waals surface area contributed by atoms with Crippen LogP contribution in [-0.2, 0) is 20.8 Å². The highest BCUT2D eigenvalue weighted by molar-refractivity contribution is 6.33. The van der Waals surface area contributed by atoms with Crippen molar-refractivity contribution in [3.63, 3.8) is 0 Å². The van der Waals surface area contributed by atoms with Crippen LogP contribution in [0.1, 0.15) is 48.5 Å². The molecule has 1 saturated carbocycles. The van der Waals surface area contributed by atoms with Crippen molar-refractivity contribution in [2.45, 2.75) is 45.1 Å². The molecule has 34 heavy (non-hydrogen) atoms. The highest BCUT2D eigenvalue weighted by atomic mass is 35.5. The second-order valence-corrected chi connectivity index (χ2v) is 9.39. The van der Waals surface area contributed by atoms with Gasteiger partial charge in [-0.1, -0.05) is 35.0 Å². The van der Waals surface area contributed by atoms with Crippen molar-refractivity contribution >= 4 is 29.2 Å². The van der Waals surface area contributed by atoms with E-state index in [-0.39, 0.29) is 46.9 Å². The number of halogens is 1. The van der Waals surface area contributed by atoms with Gasteiger partial charge in [0.05, 0.1) is 23.4 Å². The van der Waals surface area contributed by atoms with E-state index in [2.05, 4.69) is 11.2 Å². The van der Waals surface area contributed by atoms with Gasteiger partial charge in [-0.25, -0.2) is 4.79 Å². The molecule has 0 unspecified atom stereocenters. The van der Waals surface area contributed by atoms with Crippen molar-refractivity contribution in [3.05, 3.63) is 46.5 Å². The lowest BCUT2D eigenvalue weighted by Gasteiger charge is -2.18. The van der Waals surface area contributed by atoms with Gasteiger partial charge in [0.1, 0.15) is 23.7 Å². The summed E-state index contributed by atoms with van der Waals surface area (Å²) in [5.74, 6) is -0.479. The van der Waals surface area contributed by atoms with Crippen LogP contribution in [-0.4, -0.2) is 58.5 Å². The lowest BCUT2D eigenvalue weighted by Crippen LogP contribution is -2.28. The maximum Gasteiger partial charge on any atom is 0.342 e. The van der Waals surface area contributed by atoms with E-state index in [0.29, 0.717) is 37.1 Å². The normalized spacial score (nSPS) is 28.0. The Hall–Kier alpha value is -3.00. The van der Waals surface area contributed by atoms with E-state index in [1.54, 1.807) is 11.0 Å². The van der Waals surface area contributed by atoms with Gasteiger partial charge in [-0.2, -0.15) is 0 Å². The Labute approximate surface area is 203 Å². The highest BCUT2D eigenvalue weighted by Gasteiger charge is 2.36.